The first kappa shape index (κ1) is 31.1. The van der Waals surface area contributed by atoms with E-state index in [0.29, 0.717) is 5.82 Å². The van der Waals surface area contributed by atoms with Crippen molar-refractivity contribution >= 4 is 54.4 Å². The van der Waals surface area contributed by atoms with Crippen LogP contribution in [0.1, 0.15) is 0 Å². The van der Waals surface area contributed by atoms with Gasteiger partial charge in [0, 0.05) is 54.9 Å². The molecule has 3 heterocycles. The van der Waals surface area contributed by atoms with Crippen LogP contribution in [0.3, 0.4) is 0 Å². The lowest BCUT2D eigenvalue weighted by molar-refractivity contribution is 1.18. The van der Waals surface area contributed by atoms with E-state index in [4.69, 9.17) is 15.0 Å². The molecule has 0 spiro atoms. The number of pyridine rings is 1. The molecule has 0 radical (unpaired) electrons. The number of para-hydroxylation sites is 4. The smallest absolute Gasteiger partial charge is 0.160 e. The Morgan fingerprint density at radius 1 is 0.327 bits per heavy atom. The fraction of sp³-hybridized carbons (Fsp3) is 0. The highest BCUT2D eigenvalue weighted by molar-refractivity contribution is 6.21. The fourth-order valence-electron chi connectivity index (χ4n) is 8.21. The molecule has 55 heavy (non-hydrogen) atoms. The summed E-state index contributed by atoms with van der Waals surface area (Å²) in [6, 6.07) is 68.4. The highest BCUT2D eigenvalue weighted by atomic mass is 15.0. The predicted molar refractivity (Wildman–Crippen MR) is 228 cm³/mol. The van der Waals surface area contributed by atoms with Crippen LogP contribution in [0.2, 0.25) is 0 Å². The number of rotatable bonds is 5. The van der Waals surface area contributed by atoms with Gasteiger partial charge in [-0.3, -0.25) is 0 Å². The van der Waals surface area contributed by atoms with E-state index < -0.39 is 0 Å². The Kier molecular flexibility index (Phi) is 7.14. The van der Waals surface area contributed by atoms with Gasteiger partial charge in [0.2, 0.25) is 0 Å². The predicted octanol–water partition coefficient (Wildman–Crippen LogP) is 13.1. The zero-order chi connectivity index (χ0) is 36.3. The van der Waals surface area contributed by atoms with Gasteiger partial charge in [-0.05, 0) is 47.3 Å². The molecule has 0 saturated carbocycles. The minimum Gasteiger partial charge on any atom is -0.309 e. The second kappa shape index (κ2) is 12.6. The molecule has 0 atom stereocenters. The largest absolute Gasteiger partial charge is 0.309 e. The van der Waals surface area contributed by atoms with Gasteiger partial charge in [-0.15, -0.1) is 0 Å². The van der Waals surface area contributed by atoms with Crippen molar-refractivity contribution in [2.24, 2.45) is 0 Å². The van der Waals surface area contributed by atoms with Gasteiger partial charge in [0.1, 0.15) is 0 Å². The number of aromatic nitrogens is 4. The van der Waals surface area contributed by atoms with Crippen LogP contribution in [0.5, 0.6) is 0 Å². The van der Waals surface area contributed by atoms with E-state index in [1.54, 1.807) is 0 Å². The zero-order valence-corrected chi connectivity index (χ0v) is 29.8. The van der Waals surface area contributed by atoms with Crippen molar-refractivity contribution in [3.05, 3.63) is 194 Å². The highest BCUT2D eigenvalue weighted by Gasteiger charge is 2.19. The highest BCUT2D eigenvalue weighted by Crippen LogP contribution is 2.42. The summed E-state index contributed by atoms with van der Waals surface area (Å²) in [6.45, 7) is 0. The Hall–Kier alpha value is -7.43. The van der Waals surface area contributed by atoms with Crippen LogP contribution in [0.4, 0.5) is 0 Å². The molecule has 0 bridgehead atoms. The summed E-state index contributed by atoms with van der Waals surface area (Å²) in [4.78, 5) is 15.7. The van der Waals surface area contributed by atoms with Crippen molar-refractivity contribution in [2.45, 2.75) is 0 Å². The lowest BCUT2D eigenvalue weighted by atomic mass is 9.94. The standard InChI is InChI=1S/C51H32N4/c1-4-15-34(16-5-1)48-41-22-10-12-25-45(41)52-51(54-48)36-29-27-33(28-30-36)38-23-14-24-40-42-31-43-39-21-11-13-26-46(39)55(37-19-8-3-9-20-37)47(43)32-44(42)49(53-50(38)40)35-17-6-2-7-18-35/h1-32H. The van der Waals surface area contributed by atoms with Crippen LogP contribution in [0, 0.1) is 0 Å². The molecule has 0 unspecified atom stereocenters. The maximum atomic E-state index is 5.54. The molecule has 0 aliphatic heterocycles. The van der Waals surface area contributed by atoms with Gasteiger partial charge in [-0.2, -0.15) is 0 Å². The molecule has 0 aliphatic carbocycles. The Morgan fingerprint density at radius 3 is 1.67 bits per heavy atom. The zero-order valence-electron chi connectivity index (χ0n) is 29.8. The van der Waals surface area contributed by atoms with Crippen molar-refractivity contribution in [1.82, 2.24) is 19.5 Å². The lowest BCUT2D eigenvalue weighted by Crippen LogP contribution is -1.96. The molecule has 0 amide bonds. The maximum Gasteiger partial charge on any atom is 0.160 e. The van der Waals surface area contributed by atoms with E-state index in [1.165, 1.54) is 21.7 Å². The van der Waals surface area contributed by atoms with Crippen LogP contribution < -0.4 is 0 Å². The third-order valence-corrected chi connectivity index (χ3v) is 10.8. The van der Waals surface area contributed by atoms with E-state index in [1.807, 2.05) is 18.2 Å². The molecule has 0 fully saturated rings. The van der Waals surface area contributed by atoms with Gasteiger partial charge in [0.05, 0.1) is 33.5 Å². The molecule has 4 nitrogen and oxygen atoms in total. The van der Waals surface area contributed by atoms with E-state index in [2.05, 4.69) is 180 Å². The van der Waals surface area contributed by atoms with Gasteiger partial charge in [-0.25, -0.2) is 15.0 Å². The van der Waals surface area contributed by atoms with Crippen LogP contribution in [-0.4, -0.2) is 19.5 Å². The number of benzene rings is 8. The average molecular weight is 701 g/mol. The van der Waals surface area contributed by atoms with Crippen LogP contribution in [-0.2, 0) is 0 Å². The van der Waals surface area contributed by atoms with Gasteiger partial charge in [0.15, 0.2) is 5.82 Å². The SMILES string of the molecule is c1ccc(-c2nc(-c3ccc(-c4cccc5c4nc(-c4ccccc4)c4cc6c(cc45)c4ccccc4n6-c4ccccc4)cc3)nc3ccccc23)cc1. The maximum absolute atomic E-state index is 5.54. The quantitative estimate of drug-likeness (QED) is 0.168. The molecule has 0 saturated heterocycles. The lowest BCUT2D eigenvalue weighted by Gasteiger charge is -2.15. The summed E-state index contributed by atoms with van der Waals surface area (Å²) in [5.41, 5.74) is 12.6. The van der Waals surface area contributed by atoms with E-state index in [0.717, 1.165) is 77.6 Å². The van der Waals surface area contributed by atoms with E-state index >= 15 is 0 Å². The Morgan fingerprint density at radius 2 is 0.927 bits per heavy atom. The van der Waals surface area contributed by atoms with Gasteiger partial charge in [0.25, 0.3) is 0 Å². The van der Waals surface area contributed by atoms with Crippen molar-refractivity contribution < 1.29 is 0 Å². The first-order valence-corrected chi connectivity index (χ1v) is 18.6. The molecule has 8 aromatic carbocycles. The Bertz CT molecular complexity index is 3220. The number of hydrogen-bond donors (Lipinski definition) is 0. The number of nitrogens with zero attached hydrogens (tertiary/aromatic N) is 4. The molecular formula is C51H32N4. The van der Waals surface area contributed by atoms with Crippen LogP contribution in [0.25, 0.3) is 105 Å². The summed E-state index contributed by atoms with van der Waals surface area (Å²) in [5, 5.41) is 6.93. The summed E-state index contributed by atoms with van der Waals surface area (Å²) in [7, 11) is 0. The summed E-state index contributed by atoms with van der Waals surface area (Å²) < 4.78 is 2.38. The minimum atomic E-state index is 0.705. The molecule has 11 rings (SSSR count). The minimum absolute atomic E-state index is 0.705. The first-order valence-electron chi connectivity index (χ1n) is 18.6. The van der Waals surface area contributed by atoms with E-state index in [9.17, 15) is 0 Å². The normalized spacial score (nSPS) is 11.6. The molecule has 11 aromatic rings. The second-order valence-electron chi connectivity index (χ2n) is 14.0. The van der Waals surface area contributed by atoms with Crippen LogP contribution in [0.15, 0.2) is 194 Å². The third kappa shape index (κ3) is 5.11. The van der Waals surface area contributed by atoms with Crippen molar-refractivity contribution in [3.8, 4) is 50.7 Å². The Balaban J connectivity index is 1.12. The van der Waals surface area contributed by atoms with Gasteiger partial charge >= 0.3 is 0 Å². The number of hydrogen-bond acceptors (Lipinski definition) is 3. The molecule has 0 N–H and O–H groups in total. The summed E-state index contributed by atoms with van der Waals surface area (Å²) in [5.74, 6) is 0.705. The molecule has 256 valence electrons. The Labute approximate surface area is 317 Å². The fourth-order valence-corrected chi connectivity index (χ4v) is 8.21. The summed E-state index contributed by atoms with van der Waals surface area (Å²) >= 11 is 0. The third-order valence-electron chi connectivity index (χ3n) is 10.8. The van der Waals surface area contributed by atoms with E-state index in [-0.39, 0.29) is 0 Å². The molecule has 4 heteroatoms. The summed E-state index contributed by atoms with van der Waals surface area (Å²) in [6.07, 6.45) is 0. The molecule has 0 aliphatic rings. The van der Waals surface area contributed by atoms with Gasteiger partial charge < -0.3 is 4.57 Å². The second-order valence-corrected chi connectivity index (χ2v) is 14.0. The monoisotopic (exact) mass is 700 g/mol. The topological polar surface area (TPSA) is 43.6 Å². The average Bonchev–Trinajstić information content (AvgIpc) is 3.59. The van der Waals surface area contributed by atoms with Gasteiger partial charge in [-0.1, -0.05) is 158 Å². The molecule has 3 aromatic heterocycles. The van der Waals surface area contributed by atoms with Crippen molar-refractivity contribution in [1.29, 1.82) is 0 Å². The van der Waals surface area contributed by atoms with Crippen molar-refractivity contribution in [2.75, 3.05) is 0 Å². The van der Waals surface area contributed by atoms with Crippen LogP contribution >= 0.6 is 0 Å². The molecular weight excluding hydrogens is 669 g/mol. The number of fused-ring (bicyclic) bond motifs is 7. The first-order chi connectivity index (χ1) is 27.3. The van der Waals surface area contributed by atoms with Crippen molar-refractivity contribution in [3.63, 3.8) is 0 Å².